The maximum absolute atomic E-state index is 3.63. The first-order valence-electron chi connectivity index (χ1n) is 3.47. The Morgan fingerprint density at radius 1 is 1.55 bits per heavy atom. The molecule has 3 heteroatoms. The summed E-state index contributed by atoms with van der Waals surface area (Å²) in [5.41, 5.74) is 6.93. The van der Waals surface area contributed by atoms with Gasteiger partial charge in [0.15, 0.2) is 0 Å². The van der Waals surface area contributed by atoms with Crippen molar-refractivity contribution in [2.45, 2.75) is 18.2 Å². The fourth-order valence-electron chi connectivity index (χ4n) is 0.641. The smallest absolute Gasteiger partial charge is 0.0610 e. The molecule has 0 aromatic heterocycles. The van der Waals surface area contributed by atoms with Gasteiger partial charge in [-0.25, -0.2) is 5.43 Å². The molecule has 0 atom stereocenters. The van der Waals surface area contributed by atoms with E-state index in [1.807, 2.05) is 13.1 Å². The minimum Gasteiger partial charge on any atom is -0.324 e. The SMILES string of the molecule is C=C/C=C(/NNC)C(C)(C)Br. The molecule has 0 aliphatic carbocycles. The lowest BCUT2D eigenvalue weighted by molar-refractivity contribution is 0.625. The predicted octanol–water partition coefficient (Wildman–Crippen LogP) is 1.95. The number of hydrazine groups is 1. The van der Waals surface area contributed by atoms with Crippen molar-refractivity contribution in [1.29, 1.82) is 0 Å². The van der Waals surface area contributed by atoms with E-state index in [4.69, 9.17) is 0 Å². The first-order chi connectivity index (χ1) is 5.02. The molecule has 0 aromatic carbocycles. The summed E-state index contributed by atoms with van der Waals surface area (Å²) in [6.45, 7) is 7.76. The largest absolute Gasteiger partial charge is 0.324 e. The number of hydrogen-bond acceptors (Lipinski definition) is 2. The van der Waals surface area contributed by atoms with Crippen molar-refractivity contribution in [3.05, 3.63) is 24.4 Å². The van der Waals surface area contributed by atoms with Gasteiger partial charge in [0.25, 0.3) is 0 Å². The molecule has 0 aliphatic heterocycles. The second kappa shape index (κ2) is 4.57. The number of hydrogen-bond donors (Lipinski definition) is 2. The number of halogens is 1. The van der Waals surface area contributed by atoms with Crippen LogP contribution < -0.4 is 10.9 Å². The van der Waals surface area contributed by atoms with Crippen LogP contribution in [0.3, 0.4) is 0 Å². The summed E-state index contributed by atoms with van der Waals surface area (Å²) >= 11 is 3.53. The van der Waals surface area contributed by atoms with Crippen LogP contribution in [0, 0.1) is 0 Å². The normalized spacial score (nSPS) is 12.9. The lowest BCUT2D eigenvalue weighted by atomic mass is 10.1. The lowest BCUT2D eigenvalue weighted by Gasteiger charge is -2.21. The summed E-state index contributed by atoms with van der Waals surface area (Å²) in [6, 6.07) is 0. The number of alkyl halides is 1. The molecule has 2 nitrogen and oxygen atoms in total. The molecule has 0 spiro atoms. The van der Waals surface area contributed by atoms with Gasteiger partial charge in [-0.15, -0.1) is 0 Å². The van der Waals surface area contributed by atoms with Crippen LogP contribution >= 0.6 is 15.9 Å². The highest BCUT2D eigenvalue weighted by atomic mass is 79.9. The Kier molecular flexibility index (Phi) is 4.45. The minimum atomic E-state index is -0.0514. The van der Waals surface area contributed by atoms with Gasteiger partial charge in [-0.05, 0) is 19.9 Å². The molecular weight excluding hydrogens is 204 g/mol. The second-order valence-corrected chi connectivity index (χ2v) is 4.65. The Hall–Kier alpha value is -0.280. The number of nitrogens with one attached hydrogen (secondary N) is 2. The van der Waals surface area contributed by atoms with E-state index in [-0.39, 0.29) is 4.32 Å². The molecule has 0 bridgehead atoms. The first kappa shape index (κ1) is 10.7. The first-order valence-corrected chi connectivity index (χ1v) is 4.26. The third-order valence-electron chi connectivity index (χ3n) is 1.18. The van der Waals surface area contributed by atoms with Gasteiger partial charge in [-0.3, -0.25) is 0 Å². The molecule has 0 saturated heterocycles. The van der Waals surface area contributed by atoms with E-state index < -0.39 is 0 Å². The minimum absolute atomic E-state index is 0.0514. The standard InChI is InChI=1S/C8H15BrN2/c1-5-6-7(11-10-4)8(2,3)9/h5-6,10-11H,1H2,2-4H3/b7-6+. The van der Waals surface area contributed by atoms with Crippen LogP contribution in [0.4, 0.5) is 0 Å². The molecule has 2 N–H and O–H groups in total. The summed E-state index contributed by atoms with van der Waals surface area (Å²) in [7, 11) is 1.83. The average molecular weight is 219 g/mol. The van der Waals surface area contributed by atoms with E-state index in [1.54, 1.807) is 6.08 Å². The van der Waals surface area contributed by atoms with E-state index >= 15 is 0 Å². The van der Waals surface area contributed by atoms with E-state index in [0.29, 0.717) is 0 Å². The van der Waals surface area contributed by atoms with Crippen LogP contribution in [0.25, 0.3) is 0 Å². The van der Waals surface area contributed by atoms with E-state index in [2.05, 4.69) is 47.2 Å². The van der Waals surface area contributed by atoms with Gasteiger partial charge in [0, 0.05) is 12.7 Å². The van der Waals surface area contributed by atoms with Gasteiger partial charge in [0.2, 0.25) is 0 Å². The zero-order chi connectivity index (χ0) is 8.91. The van der Waals surface area contributed by atoms with Crippen LogP contribution in [0.1, 0.15) is 13.8 Å². The van der Waals surface area contributed by atoms with Crippen LogP contribution in [0.2, 0.25) is 0 Å². The number of allylic oxidation sites excluding steroid dienone is 3. The summed E-state index contributed by atoms with van der Waals surface area (Å²) < 4.78 is -0.0514. The van der Waals surface area contributed by atoms with Gasteiger partial charge < -0.3 is 5.43 Å². The average Bonchev–Trinajstić information content (AvgIpc) is 1.85. The maximum atomic E-state index is 3.63. The number of rotatable bonds is 4. The summed E-state index contributed by atoms with van der Waals surface area (Å²) in [6.07, 6.45) is 3.67. The fraction of sp³-hybridized carbons (Fsp3) is 0.500. The Morgan fingerprint density at radius 2 is 2.09 bits per heavy atom. The molecule has 0 unspecified atom stereocenters. The molecule has 64 valence electrons. The van der Waals surface area contributed by atoms with Gasteiger partial charge >= 0.3 is 0 Å². The van der Waals surface area contributed by atoms with E-state index in [1.165, 1.54) is 0 Å². The quantitative estimate of drug-likeness (QED) is 0.429. The van der Waals surface area contributed by atoms with Crippen LogP contribution in [-0.2, 0) is 0 Å². The van der Waals surface area contributed by atoms with Crippen LogP contribution in [-0.4, -0.2) is 11.4 Å². The molecule has 0 radical (unpaired) electrons. The molecule has 0 amide bonds. The van der Waals surface area contributed by atoms with E-state index in [0.717, 1.165) is 5.70 Å². The third-order valence-corrected chi connectivity index (χ3v) is 1.61. The predicted molar refractivity (Wildman–Crippen MR) is 53.5 cm³/mol. The van der Waals surface area contributed by atoms with Crippen LogP contribution in [0.5, 0.6) is 0 Å². The zero-order valence-corrected chi connectivity index (χ0v) is 8.83. The Balaban J connectivity index is 4.34. The Bertz CT molecular complexity index is 156. The summed E-state index contributed by atoms with van der Waals surface area (Å²) in [5, 5.41) is 0. The molecule has 0 fully saturated rings. The topological polar surface area (TPSA) is 24.1 Å². The van der Waals surface area contributed by atoms with E-state index in [9.17, 15) is 0 Å². The monoisotopic (exact) mass is 218 g/mol. The van der Waals surface area contributed by atoms with Crippen molar-refractivity contribution >= 4 is 15.9 Å². The highest BCUT2D eigenvalue weighted by molar-refractivity contribution is 9.10. The molecule has 11 heavy (non-hydrogen) atoms. The van der Waals surface area contributed by atoms with Crippen molar-refractivity contribution in [2.24, 2.45) is 0 Å². The van der Waals surface area contributed by atoms with Crippen molar-refractivity contribution in [1.82, 2.24) is 10.9 Å². The molecule has 0 rings (SSSR count). The highest BCUT2D eigenvalue weighted by Crippen LogP contribution is 2.23. The lowest BCUT2D eigenvalue weighted by Crippen LogP contribution is -2.34. The third kappa shape index (κ3) is 4.22. The molecule has 0 heterocycles. The molecule has 0 aromatic rings. The van der Waals surface area contributed by atoms with Crippen molar-refractivity contribution in [3.8, 4) is 0 Å². The maximum Gasteiger partial charge on any atom is 0.0610 e. The molecule has 0 saturated carbocycles. The van der Waals surface area contributed by atoms with Crippen molar-refractivity contribution in [3.63, 3.8) is 0 Å². The fourth-order valence-corrected chi connectivity index (χ4v) is 0.872. The summed E-state index contributed by atoms with van der Waals surface area (Å²) in [4.78, 5) is 0. The molecule has 0 aliphatic rings. The van der Waals surface area contributed by atoms with Gasteiger partial charge in [-0.2, -0.15) is 0 Å². The van der Waals surface area contributed by atoms with Crippen LogP contribution in [0.15, 0.2) is 24.4 Å². The van der Waals surface area contributed by atoms with Crippen molar-refractivity contribution < 1.29 is 0 Å². The highest BCUT2D eigenvalue weighted by Gasteiger charge is 2.17. The molecular formula is C8H15BrN2. The van der Waals surface area contributed by atoms with Gasteiger partial charge in [0.1, 0.15) is 0 Å². The summed E-state index contributed by atoms with van der Waals surface area (Å²) in [5.74, 6) is 0. The van der Waals surface area contributed by atoms with Crippen molar-refractivity contribution in [2.75, 3.05) is 7.05 Å². The zero-order valence-electron chi connectivity index (χ0n) is 7.24. The Morgan fingerprint density at radius 3 is 2.36 bits per heavy atom. The Labute approximate surface area is 76.9 Å². The van der Waals surface area contributed by atoms with Gasteiger partial charge in [-0.1, -0.05) is 28.6 Å². The van der Waals surface area contributed by atoms with Gasteiger partial charge in [0.05, 0.1) is 4.32 Å². The second-order valence-electron chi connectivity index (χ2n) is 2.66.